The minimum absolute atomic E-state index is 0.433. The van der Waals surface area contributed by atoms with E-state index in [4.69, 9.17) is 16.7 Å². The van der Waals surface area contributed by atoms with Crippen molar-refractivity contribution in [3.8, 4) is 0 Å². The van der Waals surface area contributed by atoms with Crippen molar-refractivity contribution in [1.29, 1.82) is 0 Å². The number of halogens is 1. The van der Waals surface area contributed by atoms with Crippen molar-refractivity contribution in [2.75, 3.05) is 11.9 Å². The number of para-hydroxylation sites is 1. The summed E-state index contributed by atoms with van der Waals surface area (Å²) in [5.74, 6) is 0. The van der Waals surface area contributed by atoms with E-state index in [-0.39, 0.29) is 0 Å². The number of nitrogens with zero attached hydrogens (tertiary/aromatic N) is 1. The van der Waals surface area contributed by atoms with Crippen molar-refractivity contribution < 1.29 is 9.90 Å². The van der Waals surface area contributed by atoms with E-state index >= 15 is 0 Å². The maximum Gasteiger partial charge on any atom is 0.411 e. The highest BCUT2D eigenvalue weighted by Crippen LogP contribution is 2.23. The fraction of sp³-hybridized carbons (Fsp3) is 0.125. The van der Waals surface area contributed by atoms with Gasteiger partial charge in [0.15, 0.2) is 0 Å². The molecule has 1 rings (SSSR count). The molecule has 64 valence electrons. The zero-order valence-corrected chi connectivity index (χ0v) is 7.25. The van der Waals surface area contributed by atoms with Gasteiger partial charge in [0.25, 0.3) is 0 Å². The molecule has 1 aromatic carbocycles. The second kappa shape index (κ2) is 3.45. The van der Waals surface area contributed by atoms with Gasteiger partial charge in [-0.2, -0.15) is 0 Å². The van der Waals surface area contributed by atoms with Crippen LogP contribution < -0.4 is 4.90 Å². The Balaban J connectivity index is 3.02. The molecule has 0 aliphatic rings. The van der Waals surface area contributed by atoms with Crippen molar-refractivity contribution in [1.82, 2.24) is 0 Å². The van der Waals surface area contributed by atoms with E-state index in [1.54, 1.807) is 24.3 Å². The molecular weight excluding hydrogens is 178 g/mol. The molecule has 0 aliphatic carbocycles. The third-order valence-corrected chi connectivity index (χ3v) is 1.82. The predicted molar refractivity (Wildman–Crippen MR) is 47.9 cm³/mol. The fourth-order valence-corrected chi connectivity index (χ4v) is 1.09. The monoisotopic (exact) mass is 185 g/mol. The third-order valence-electron chi connectivity index (χ3n) is 1.50. The van der Waals surface area contributed by atoms with Crippen LogP contribution in [0.1, 0.15) is 0 Å². The second-order valence-electron chi connectivity index (χ2n) is 2.29. The molecule has 0 heterocycles. The van der Waals surface area contributed by atoms with Gasteiger partial charge in [0.2, 0.25) is 0 Å². The number of anilines is 1. The van der Waals surface area contributed by atoms with Gasteiger partial charge in [0, 0.05) is 7.05 Å². The molecule has 0 bridgehead atoms. The molecular formula is C8H8ClNO2. The average Bonchev–Trinajstić information content (AvgIpc) is 2.04. The summed E-state index contributed by atoms with van der Waals surface area (Å²) in [6, 6.07) is 6.79. The van der Waals surface area contributed by atoms with Gasteiger partial charge < -0.3 is 5.11 Å². The van der Waals surface area contributed by atoms with Crippen molar-refractivity contribution >= 4 is 23.4 Å². The molecule has 0 saturated heterocycles. The van der Waals surface area contributed by atoms with Crippen molar-refractivity contribution in [3.63, 3.8) is 0 Å². The zero-order chi connectivity index (χ0) is 9.14. The summed E-state index contributed by atoms with van der Waals surface area (Å²) >= 11 is 5.76. The van der Waals surface area contributed by atoms with Gasteiger partial charge in [-0.1, -0.05) is 23.7 Å². The van der Waals surface area contributed by atoms with Gasteiger partial charge in [-0.05, 0) is 12.1 Å². The Morgan fingerprint density at radius 1 is 1.50 bits per heavy atom. The first-order valence-electron chi connectivity index (χ1n) is 3.34. The summed E-state index contributed by atoms with van der Waals surface area (Å²) in [6.45, 7) is 0. The molecule has 0 unspecified atom stereocenters. The van der Waals surface area contributed by atoms with Crippen LogP contribution in [0.3, 0.4) is 0 Å². The Bertz CT molecular complexity index is 301. The van der Waals surface area contributed by atoms with E-state index in [2.05, 4.69) is 0 Å². The molecule has 0 spiro atoms. The first-order chi connectivity index (χ1) is 5.63. The highest BCUT2D eigenvalue weighted by molar-refractivity contribution is 6.33. The van der Waals surface area contributed by atoms with Gasteiger partial charge >= 0.3 is 6.09 Å². The number of carbonyl (C=O) groups is 1. The lowest BCUT2D eigenvalue weighted by Crippen LogP contribution is -2.23. The van der Waals surface area contributed by atoms with Gasteiger partial charge in [0.05, 0.1) is 10.7 Å². The molecule has 0 saturated carbocycles. The molecule has 1 amide bonds. The summed E-state index contributed by atoms with van der Waals surface area (Å²) in [6.07, 6.45) is -1.02. The molecule has 0 aromatic heterocycles. The van der Waals surface area contributed by atoms with Crippen molar-refractivity contribution in [3.05, 3.63) is 29.3 Å². The van der Waals surface area contributed by atoms with Crippen LogP contribution in [0.4, 0.5) is 10.5 Å². The first kappa shape index (κ1) is 8.87. The highest BCUT2D eigenvalue weighted by Gasteiger charge is 2.10. The third kappa shape index (κ3) is 1.68. The average molecular weight is 186 g/mol. The summed E-state index contributed by atoms with van der Waals surface area (Å²) in [5, 5.41) is 9.06. The molecule has 1 aromatic rings. The minimum atomic E-state index is -1.02. The molecule has 12 heavy (non-hydrogen) atoms. The number of rotatable bonds is 1. The molecule has 1 N–H and O–H groups in total. The summed E-state index contributed by atoms with van der Waals surface area (Å²) < 4.78 is 0. The topological polar surface area (TPSA) is 40.5 Å². The summed E-state index contributed by atoms with van der Waals surface area (Å²) in [7, 11) is 1.45. The van der Waals surface area contributed by atoms with E-state index in [1.807, 2.05) is 0 Å². The van der Waals surface area contributed by atoms with Gasteiger partial charge in [-0.15, -0.1) is 0 Å². The lowest BCUT2D eigenvalue weighted by molar-refractivity contribution is 0.203. The molecule has 0 radical (unpaired) electrons. The smallest absolute Gasteiger partial charge is 0.411 e. The largest absolute Gasteiger partial charge is 0.465 e. The van der Waals surface area contributed by atoms with Gasteiger partial charge in [-0.25, -0.2) is 4.79 Å². The fourth-order valence-electron chi connectivity index (χ4n) is 0.827. The van der Waals surface area contributed by atoms with E-state index in [9.17, 15) is 4.79 Å². The van der Waals surface area contributed by atoms with E-state index < -0.39 is 6.09 Å². The molecule has 0 aliphatic heterocycles. The van der Waals surface area contributed by atoms with Crippen LogP contribution in [0.15, 0.2) is 24.3 Å². The molecule has 0 fully saturated rings. The van der Waals surface area contributed by atoms with Crippen LogP contribution in [0.25, 0.3) is 0 Å². The number of carboxylic acid groups (broad SMARTS) is 1. The Labute approximate surface area is 75.2 Å². The predicted octanol–water partition coefficient (Wildman–Crippen LogP) is 2.45. The van der Waals surface area contributed by atoms with Crippen molar-refractivity contribution in [2.24, 2.45) is 0 Å². The maximum absolute atomic E-state index is 10.5. The Hall–Kier alpha value is -1.22. The van der Waals surface area contributed by atoms with E-state index in [0.29, 0.717) is 10.7 Å². The quantitative estimate of drug-likeness (QED) is 0.730. The Morgan fingerprint density at radius 3 is 2.58 bits per heavy atom. The van der Waals surface area contributed by atoms with E-state index in [1.165, 1.54) is 7.05 Å². The second-order valence-corrected chi connectivity index (χ2v) is 2.70. The number of hydrogen-bond donors (Lipinski definition) is 1. The SMILES string of the molecule is CN(C(=O)O)c1ccccc1Cl. The van der Waals surface area contributed by atoms with Crippen LogP contribution in [0.2, 0.25) is 5.02 Å². The van der Waals surface area contributed by atoms with Crippen LogP contribution in [-0.4, -0.2) is 18.2 Å². The van der Waals surface area contributed by atoms with Crippen LogP contribution >= 0.6 is 11.6 Å². The lowest BCUT2D eigenvalue weighted by Gasteiger charge is -2.13. The summed E-state index contributed by atoms with van der Waals surface area (Å²) in [4.78, 5) is 11.6. The van der Waals surface area contributed by atoms with Gasteiger partial charge in [-0.3, -0.25) is 4.90 Å². The lowest BCUT2D eigenvalue weighted by atomic mass is 10.3. The first-order valence-corrected chi connectivity index (χ1v) is 3.72. The Kier molecular flexibility index (Phi) is 2.55. The molecule has 4 heteroatoms. The highest BCUT2D eigenvalue weighted by atomic mass is 35.5. The van der Waals surface area contributed by atoms with Crippen LogP contribution in [0, 0.1) is 0 Å². The molecule has 0 atom stereocenters. The number of hydrogen-bond acceptors (Lipinski definition) is 1. The van der Waals surface area contributed by atoms with Gasteiger partial charge in [0.1, 0.15) is 0 Å². The standard InChI is InChI=1S/C8H8ClNO2/c1-10(8(11)12)7-5-3-2-4-6(7)9/h2-5H,1H3,(H,11,12). The summed E-state index contributed by atoms with van der Waals surface area (Å²) in [5.41, 5.74) is 0.492. The normalized spacial score (nSPS) is 9.50. The number of benzene rings is 1. The zero-order valence-electron chi connectivity index (χ0n) is 6.49. The number of amides is 1. The maximum atomic E-state index is 10.5. The van der Waals surface area contributed by atoms with E-state index in [0.717, 1.165) is 4.90 Å². The van der Waals surface area contributed by atoms with Crippen LogP contribution in [-0.2, 0) is 0 Å². The van der Waals surface area contributed by atoms with Crippen LogP contribution in [0.5, 0.6) is 0 Å². The van der Waals surface area contributed by atoms with Crippen molar-refractivity contribution in [2.45, 2.75) is 0 Å². The molecule has 3 nitrogen and oxygen atoms in total. The minimum Gasteiger partial charge on any atom is -0.465 e. The Morgan fingerprint density at radius 2 is 2.08 bits per heavy atom.